The summed E-state index contributed by atoms with van der Waals surface area (Å²) in [7, 11) is 0. The first kappa shape index (κ1) is 24.8. The SMILES string of the molecule is CCCCN1CCC(NC(=NCc2ccc(N3CCN(CC)CC3)c(F)c2)NCC)CC1. The molecule has 3 rings (SSSR count). The van der Waals surface area contributed by atoms with Crippen LogP contribution in [0, 0.1) is 5.82 Å². The van der Waals surface area contributed by atoms with Crippen molar-refractivity contribution in [2.45, 2.75) is 59.0 Å². The molecule has 180 valence electrons. The molecule has 0 saturated carbocycles. The van der Waals surface area contributed by atoms with Crippen LogP contribution in [0.15, 0.2) is 23.2 Å². The number of nitrogens with one attached hydrogen (secondary N) is 2. The number of unbranched alkanes of at least 4 members (excludes halogenated alkanes) is 1. The molecule has 2 fully saturated rings. The van der Waals surface area contributed by atoms with Gasteiger partial charge in [0.1, 0.15) is 5.82 Å². The van der Waals surface area contributed by atoms with Gasteiger partial charge in [0, 0.05) is 51.9 Å². The van der Waals surface area contributed by atoms with Crippen LogP contribution >= 0.6 is 0 Å². The molecule has 2 aliphatic rings. The first-order valence-corrected chi connectivity index (χ1v) is 12.7. The minimum absolute atomic E-state index is 0.139. The van der Waals surface area contributed by atoms with Crippen LogP contribution in [0.2, 0.25) is 0 Å². The largest absolute Gasteiger partial charge is 0.367 e. The molecule has 2 heterocycles. The number of likely N-dealkylation sites (N-methyl/N-ethyl adjacent to an activating group) is 1. The Morgan fingerprint density at radius 2 is 1.78 bits per heavy atom. The van der Waals surface area contributed by atoms with Gasteiger partial charge in [0.2, 0.25) is 0 Å². The van der Waals surface area contributed by atoms with Crippen molar-refractivity contribution in [3.05, 3.63) is 29.6 Å². The molecule has 7 heteroatoms. The van der Waals surface area contributed by atoms with Crippen LogP contribution in [0.4, 0.5) is 10.1 Å². The maximum absolute atomic E-state index is 14.8. The highest BCUT2D eigenvalue weighted by atomic mass is 19.1. The third kappa shape index (κ3) is 7.34. The zero-order chi connectivity index (χ0) is 22.8. The van der Waals surface area contributed by atoms with Crippen LogP contribution in [0.1, 0.15) is 52.0 Å². The molecule has 2 aliphatic heterocycles. The highest BCUT2D eigenvalue weighted by molar-refractivity contribution is 5.80. The Morgan fingerprint density at radius 1 is 1.03 bits per heavy atom. The standard InChI is InChI=1S/C25H43FN6/c1-4-7-12-31-13-10-22(11-14-31)29-25(27-5-2)28-20-21-8-9-24(23(26)19-21)32-17-15-30(6-3)16-18-32/h8-9,19,22H,4-7,10-18,20H2,1-3H3,(H2,27,28,29). The van der Waals surface area contributed by atoms with E-state index in [4.69, 9.17) is 4.99 Å². The van der Waals surface area contributed by atoms with Crippen molar-refractivity contribution < 1.29 is 4.39 Å². The van der Waals surface area contributed by atoms with Gasteiger partial charge in [-0.1, -0.05) is 26.3 Å². The molecule has 1 aromatic rings. The summed E-state index contributed by atoms with van der Waals surface area (Å²) in [6, 6.07) is 6.05. The minimum atomic E-state index is -0.139. The zero-order valence-corrected chi connectivity index (χ0v) is 20.4. The first-order valence-electron chi connectivity index (χ1n) is 12.7. The van der Waals surface area contributed by atoms with Gasteiger partial charge in [0.05, 0.1) is 12.2 Å². The maximum atomic E-state index is 14.8. The molecule has 6 nitrogen and oxygen atoms in total. The number of piperazine rings is 1. The van der Waals surface area contributed by atoms with Crippen LogP contribution in [-0.2, 0) is 6.54 Å². The van der Waals surface area contributed by atoms with E-state index < -0.39 is 0 Å². The fourth-order valence-electron chi connectivity index (χ4n) is 4.58. The lowest BCUT2D eigenvalue weighted by atomic mass is 10.0. The van der Waals surface area contributed by atoms with E-state index in [9.17, 15) is 4.39 Å². The molecule has 32 heavy (non-hydrogen) atoms. The normalized spacial score (nSPS) is 19.4. The summed E-state index contributed by atoms with van der Waals surface area (Å²) in [6.45, 7) is 16.1. The summed E-state index contributed by atoms with van der Waals surface area (Å²) < 4.78 is 14.8. The third-order valence-electron chi connectivity index (χ3n) is 6.69. The molecule has 0 amide bonds. The molecule has 2 N–H and O–H groups in total. The maximum Gasteiger partial charge on any atom is 0.191 e. The van der Waals surface area contributed by atoms with Crippen molar-refractivity contribution in [2.24, 2.45) is 4.99 Å². The number of rotatable bonds is 9. The topological polar surface area (TPSA) is 46.1 Å². The summed E-state index contributed by atoms with van der Waals surface area (Å²) in [5.41, 5.74) is 1.62. The quantitative estimate of drug-likeness (QED) is 0.450. The number of guanidine groups is 1. The summed E-state index contributed by atoms with van der Waals surface area (Å²) in [4.78, 5) is 11.9. The second-order valence-electron chi connectivity index (χ2n) is 9.02. The predicted octanol–water partition coefficient (Wildman–Crippen LogP) is 3.29. The summed E-state index contributed by atoms with van der Waals surface area (Å²) in [5, 5.41) is 6.95. The van der Waals surface area contributed by atoms with Crippen molar-refractivity contribution in [2.75, 3.05) is 63.8 Å². The molecule has 0 bridgehead atoms. The fraction of sp³-hybridized carbons (Fsp3) is 0.720. The lowest BCUT2D eigenvalue weighted by molar-refractivity contribution is 0.203. The van der Waals surface area contributed by atoms with Crippen LogP contribution in [0.3, 0.4) is 0 Å². The molecule has 0 aromatic heterocycles. The fourth-order valence-corrected chi connectivity index (χ4v) is 4.58. The van der Waals surface area contributed by atoms with E-state index in [-0.39, 0.29) is 5.82 Å². The minimum Gasteiger partial charge on any atom is -0.367 e. The number of likely N-dealkylation sites (tertiary alicyclic amines) is 1. The lowest BCUT2D eigenvalue weighted by Gasteiger charge is -2.35. The molecule has 0 atom stereocenters. The molecular weight excluding hydrogens is 403 g/mol. The van der Waals surface area contributed by atoms with Gasteiger partial charge in [0.15, 0.2) is 5.96 Å². The Balaban J connectivity index is 1.53. The van der Waals surface area contributed by atoms with Crippen LogP contribution in [0.25, 0.3) is 0 Å². The summed E-state index contributed by atoms with van der Waals surface area (Å²) >= 11 is 0. The van der Waals surface area contributed by atoms with Gasteiger partial charge in [-0.15, -0.1) is 0 Å². The Bertz CT molecular complexity index is 708. The monoisotopic (exact) mass is 446 g/mol. The van der Waals surface area contributed by atoms with Gasteiger partial charge in [-0.05, 0) is 57.0 Å². The Hall–Kier alpha value is -1.86. The second kappa shape index (κ2) is 13.0. The molecule has 0 unspecified atom stereocenters. The smallest absolute Gasteiger partial charge is 0.191 e. The number of piperidine rings is 1. The number of nitrogens with zero attached hydrogens (tertiary/aromatic N) is 4. The van der Waals surface area contributed by atoms with E-state index in [2.05, 4.69) is 46.1 Å². The number of hydrogen-bond acceptors (Lipinski definition) is 4. The van der Waals surface area contributed by atoms with E-state index in [0.717, 1.165) is 76.7 Å². The van der Waals surface area contributed by atoms with Gasteiger partial charge in [-0.3, -0.25) is 0 Å². The lowest BCUT2D eigenvalue weighted by Crippen LogP contribution is -2.48. The second-order valence-corrected chi connectivity index (χ2v) is 9.02. The van der Waals surface area contributed by atoms with Crippen LogP contribution in [0.5, 0.6) is 0 Å². The molecular formula is C25H43FN6. The van der Waals surface area contributed by atoms with Crippen molar-refractivity contribution >= 4 is 11.6 Å². The third-order valence-corrected chi connectivity index (χ3v) is 6.69. The molecule has 2 saturated heterocycles. The molecule has 1 aromatic carbocycles. The van der Waals surface area contributed by atoms with Crippen LogP contribution < -0.4 is 15.5 Å². The zero-order valence-electron chi connectivity index (χ0n) is 20.4. The van der Waals surface area contributed by atoms with Crippen molar-refractivity contribution in [3.8, 4) is 0 Å². The average Bonchev–Trinajstić information content (AvgIpc) is 2.82. The van der Waals surface area contributed by atoms with Gasteiger partial charge in [0.25, 0.3) is 0 Å². The van der Waals surface area contributed by atoms with E-state index in [1.54, 1.807) is 6.07 Å². The van der Waals surface area contributed by atoms with Crippen LogP contribution in [-0.4, -0.2) is 80.7 Å². The number of benzene rings is 1. The highest BCUT2D eigenvalue weighted by Crippen LogP contribution is 2.22. The highest BCUT2D eigenvalue weighted by Gasteiger charge is 2.20. The Labute approximate surface area is 194 Å². The van der Waals surface area contributed by atoms with E-state index >= 15 is 0 Å². The van der Waals surface area contributed by atoms with Crippen molar-refractivity contribution in [1.29, 1.82) is 0 Å². The molecule has 0 spiro atoms. The van der Waals surface area contributed by atoms with Gasteiger partial charge >= 0.3 is 0 Å². The molecule has 0 aliphatic carbocycles. The van der Waals surface area contributed by atoms with Gasteiger partial charge in [-0.2, -0.15) is 0 Å². The Morgan fingerprint density at radius 3 is 2.41 bits per heavy atom. The summed E-state index contributed by atoms with van der Waals surface area (Å²) in [5.74, 6) is 0.694. The molecule has 0 radical (unpaired) electrons. The van der Waals surface area contributed by atoms with Crippen molar-refractivity contribution in [3.63, 3.8) is 0 Å². The Kier molecular flexibility index (Phi) is 10.1. The first-order chi connectivity index (χ1) is 15.6. The predicted molar refractivity (Wildman–Crippen MR) is 133 cm³/mol. The average molecular weight is 447 g/mol. The van der Waals surface area contributed by atoms with E-state index in [1.807, 2.05) is 12.1 Å². The number of halogens is 1. The van der Waals surface area contributed by atoms with Gasteiger partial charge in [-0.25, -0.2) is 9.38 Å². The number of aliphatic imine (C=N–C) groups is 1. The van der Waals surface area contributed by atoms with E-state index in [0.29, 0.717) is 18.3 Å². The van der Waals surface area contributed by atoms with E-state index in [1.165, 1.54) is 19.4 Å². The summed E-state index contributed by atoms with van der Waals surface area (Å²) in [6.07, 6.45) is 4.82. The number of hydrogen-bond donors (Lipinski definition) is 2. The van der Waals surface area contributed by atoms with Crippen molar-refractivity contribution in [1.82, 2.24) is 20.4 Å². The number of anilines is 1. The van der Waals surface area contributed by atoms with Gasteiger partial charge < -0.3 is 25.3 Å².